The smallest absolute Gasteiger partial charge is 0.463 e. The van der Waals surface area contributed by atoms with E-state index >= 15 is 0 Å². The third-order valence-corrected chi connectivity index (χ3v) is 19.5. The van der Waals surface area contributed by atoms with Crippen LogP contribution in [0.2, 0.25) is 0 Å². The number of allylic oxidation sites excluding steroid dienone is 2. The largest absolute Gasteiger partial charge is 0.472 e. The predicted octanol–water partition coefficient (Wildman–Crippen LogP) is 9.96. The molecule has 1 saturated carbocycles. The van der Waals surface area contributed by atoms with Gasteiger partial charge in [0, 0.05) is 19.3 Å². The van der Waals surface area contributed by atoms with Gasteiger partial charge in [0.2, 0.25) is 0 Å². The molecule has 564 valence electrons. The Morgan fingerprint density at radius 2 is 0.729 bits per heavy atom. The molecule has 24 nitrogen and oxygen atoms in total. The first-order valence-corrected chi connectivity index (χ1v) is 39.0. The molecule has 18 atom stereocenters. The van der Waals surface area contributed by atoms with Crippen molar-refractivity contribution in [1.82, 2.24) is 0 Å². The molecule has 1 aliphatic carbocycles. The number of carbonyl (C=O) groups is 3. The Morgan fingerprint density at radius 3 is 1.14 bits per heavy atom. The zero-order chi connectivity index (χ0) is 70.4. The van der Waals surface area contributed by atoms with Gasteiger partial charge in [-0.25, -0.2) is 4.57 Å². The number of carbonyl (C=O) groups excluding carboxylic acids is 3. The molecular formula is C71H131O24P. The van der Waals surface area contributed by atoms with Gasteiger partial charge in [0.15, 0.2) is 18.7 Å². The summed E-state index contributed by atoms with van der Waals surface area (Å²) in [6.45, 7) is 3.43. The molecule has 96 heavy (non-hydrogen) atoms. The number of hydrogen-bond acceptors (Lipinski definition) is 23. The number of ether oxygens (including phenoxy) is 7. The van der Waals surface area contributed by atoms with Crippen LogP contribution in [0.15, 0.2) is 12.2 Å². The predicted molar refractivity (Wildman–Crippen MR) is 361 cm³/mol. The van der Waals surface area contributed by atoms with E-state index in [1.807, 2.05) is 0 Å². The SMILES string of the molecule is CCCCCCCC/C=C\CCCCCC(=O)OC(COC(=O)CCCCCCCCCCCCCCCCC)COP(=O)(O)OC1C(OC2OC(CO)C(O)C(O)C2O)C(O)C(O)C(O)C1OC1OC(COC(=O)CCCCCCCCCCCCCCC)C(O)C(O)C1O. The third kappa shape index (κ3) is 36.5. The first-order chi connectivity index (χ1) is 46.3. The van der Waals surface area contributed by atoms with Crippen LogP contribution < -0.4 is 0 Å². The zero-order valence-corrected chi connectivity index (χ0v) is 59.6. The average molecular weight is 1400 g/mol. The molecule has 0 aromatic carbocycles. The van der Waals surface area contributed by atoms with E-state index in [-0.39, 0.29) is 19.3 Å². The van der Waals surface area contributed by atoms with Crippen molar-refractivity contribution in [2.24, 2.45) is 0 Å². The van der Waals surface area contributed by atoms with Crippen LogP contribution in [0.3, 0.4) is 0 Å². The molecule has 25 heteroatoms. The van der Waals surface area contributed by atoms with Gasteiger partial charge in [0.1, 0.15) is 98.7 Å². The van der Waals surface area contributed by atoms with Crippen molar-refractivity contribution < 1.29 is 117 Å². The number of unbranched alkanes of at least 4 members (excludes halogenated alkanes) is 35. The van der Waals surface area contributed by atoms with Gasteiger partial charge in [-0.1, -0.05) is 238 Å². The second kappa shape index (κ2) is 53.5. The van der Waals surface area contributed by atoms with E-state index in [9.17, 15) is 74.9 Å². The Hall–Kier alpha value is -2.30. The fourth-order valence-electron chi connectivity index (χ4n) is 12.4. The van der Waals surface area contributed by atoms with E-state index < -0.39 is 156 Å². The van der Waals surface area contributed by atoms with Crippen molar-refractivity contribution in [2.45, 2.75) is 395 Å². The van der Waals surface area contributed by atoms with Crippen LogP contribution >= 0.6 is 7.82 Å². The van der Waals surface area contributed by atoms with E-state index in [0.717, 1.165) is 83.5 Å². The summed E-state index contributed by atoms with van der Waals surface area (Å²) in [6.07, 6.45) is 11.4. The minimum absolute atomic E-state index is 0.0316. The van der Waals surface area contributed by atoms with Crippen molar-refractivity contribution in [1.29, 1.82) is 0 Å². The van der Waals surface area contributed by atoms with E-state index in [2.05, 4.69) is 32.9 Å². The van der Waals surface area contributed by atoms with Crippen molar-refractivity contribution in [3.8, 4) is 0 Å². The highest BCUT2D eigenvalue weighted by molar-refractivity contribution is 7.47. The van der Waals surface area contributed by atoms with Gasteiger partial charge in [-0.15, -0.1) is 0 Å². The summed E-state index contributed by atoms with van der Waals surface area (Å²) in [5.41, 5.74) is 0. The Balaban J connectivity index is 1.74. The Kier molecular flexibility index (Phi) is 49.0. The van der Waals surface area contributed by atoms with Crippen molar-refractivity contribution in [2.75, 3.05) is 26.4 Å². The first-order valence-electron chi connectivity index (χ1n) is 37.5. The van der Waals surface area contributed by atoms with Crippen LogP contribution in [0.4, 0.5) is 0 Å². The molecule has 0 bridgehead atoms. The molecular weight excluding hydrogens is 1270 g/mol. The summed E-state index contributed by atoms with van der Waals surface area (Å²) >= 11 is 0. The average Bonchev–Trinajstić information content (AvgIpc) is 0.768. The van der Waals surface area contributed by atoms with Crippen LogP contribution in [0.25, 0.3) is 0 Å². The second-order valence-electron chi connectivity index (χ2n) is 27.0. The van der Waals surface area contributed by atoms with Gasteiger partial charge in [0.25, 0.3) is 0 Å². The maximum absolute atomic E-state index is 14.3. The number of phosphoric ester groups is 1. The second-order valence-corrected chi connectivity index (χ2v) is 28.4. The lowest BCUT2D eigenvalue weighted by Crippen LogP contribution is -2.69. The molecule has 3 fully saturated rings. The number of phosphoric acid groups is 1. The van der Waals surface area contributed by atoms with Gasteiger partial charge in [-0.2, -0.15) is 0 Å². The highest BCUT2D eigenvalue weighted by Gasteiger charge is 2.58. The summed E-state index contributed by atoms with van der Waals surface area (Å²) < 4.78 is 65.0. The highest BCUT2D eigenvalue weighted by atomic mass is 31.2. The topological polar surface area (TPSA) is 374 Å². The quantitative estimate of drug-likeness (QED) is 0.00886. The normalized spacial score (nSPS) is 28.0. The first kappa shape index (κ1) is 87.9. The molecule has 0 aromatic heterocycles. The lowest BCUT2D eigenvalue weighted by Gasteiger charge is -2.49. The lowest BCUT2D eigenvalue weighted by atomic mass is 9.84. The summed E-state index contributed by atoms with van der Waals surface area (Å²) in [5.74, 6) is -2.00. The van der Waals surface area contributed by atoms with Crippen molar-refractivity contribution in [3.63, 3.8) is 0 Å². The molecule has 0 aromatic rings. The van der Waals surface area contributed by atoms with Crippen LogP contribution in [0, 0.1) is 0 Å². The van der Waals surface area contributed by atoms with Crippen LogP contribution in [-0.2, 0) is 61.2 Å². The van der Waals surface area contributed by atoms with Gasteiger partial charge >= 0.3 is 25.7 Å². The van der Waals surface area contributed by atoms with Gasteiger partial charge < -0.3 is 89.1 Å². The molecule has 0 radical (unpaired) electrons. The third-order valence-electron chi connectivity index (χ3n) is 18.5. The molecule has 0 amide bonds. The Bertz CT molecular complexity index is 2040. The fraction of sp³-hybridized carbons (Fsp3) is 0.930. The minimum Gasteiger partial charge on any atom is -0.463 e. The van der Waals surface area contributed by atoms with E-state index in [1.165, 1.54) is 141 Å². The number of aliphatic hydroxyl groups is 10. The number of aliphatic hydroxyl groups excluding tert-OH is 10. The van der Waals surface area contributed by atoms with E-state index in [4.69, 9.17) is 42.2 Å². The molecule has 3 rings (SSSR count). The number of hydrogen-bond donors (Lipinski definition) is 11. The van der Waals surface area contributed by atoms with Gasteiger partial charge in [-0.05, 0) is 44.9 Å². The van der Waals surface area contributed by atoms with Gasteiger partial charge in [0.05, 0.1) is 13.2 Å². The van der Waals surface area contributed by atoms with Crippen LogP contribution in [-0.4, -0.2) is 204 Å². The number of rotatable bonds is 58. The van der Waals surface area contributed by atoms with Crippen LogP contribution in [0.1, 0.15) is 290 Å². The molecule has 3 aliphatic rings. The van der Waals surface area contributed by atoms with Crippen molar-refractivity contribution >= 4 is 25.7 Å². The van der Waals surface area contributed by atoms with Crippen LogP contribution in [0.5, 0.6) is 0 Å². The summed E-state index contributed by atoms with van der Waals surface area (Å²) in [4.78, 5) is 50.9. The van der Waals surface area contributed by atoms with Gasteiger partial charge in [-0.3, -0.25) is 23.4 Å². The van der Waals surface area contributed by atoms with E-state index in [1.54, 1.807) is 0 Å². The Labute approximate surface area is 573 Å². The van der Waals surface area contributed by atoms with E-state index in [0.29, 0.717) is 25.7 Å². The zero-order valence-electron chi connectivity index (χ0n) is 58.7. The molecule has 0 spiro atoms. The standard InChI is InChI=1S/C71H131O24P/c1-4-7-10-13-16-19-22-25-26-29-31-33-36-39-42-45-55(73)87-49-52(90-57(75)47-44-41-38-35-32-28-24-21-18-15-12-9-6-3)50-89-96(85,86)95-69-67(93-70-65(83)60(78)58(76)53(48-72)91-70)63(81)62(80)64(82)68(69)94-71-66(84)61(79)59(77)54(92-71)51-88-56(74)46-43-40-37-34-30-27-23-20-17-14-11-8-5-2/h28,32,52-54,58-72,76-84H,4-27,29-31,33-51H2,1-3H3,(H,85,86)/b32-28-. The molecule has 2 heterocycles. The summed E-state index contributed by atoms with van der Waals surface area (Å²) in [7, 11) is -5.70. The maximum atomic E-state index is 14.3. The monoisotopic (exact) mass is 1400 g/mol. The molecule has 2 saturated heterocycles. The minimum atomic E-state index is -5.70. The lowest BCUT2D eigenvalue weighted by molar-refractivity contribution is -0.360. The Morgan fingerprint density at radius 1 is 0.396 bits per heavy atom. The summed E-state index contributed by atoms with van der Waals surface area (Å²) in [5, 5.41) is 110. The summed E-state index contributed by atoms with van der Waals surface area (Å²) in [6, 6.07) is 0. The fourth-order valence-corrected chi connectivity index (χ4v) is 13.4. The molecule has 18 unspecified atom stereocenters. The van der Waals surface area contributed by atoms with Crippen molar-refractivity contribution in [3.05, 3.63) is 12.2 Å². The number of esters is 3. The molecule has 11 N–H and O–H groups in total. The highest BCUT2D eigenvalue weighted by Crippen LogP contribution is 2.49. The maximum Gasteiger partial charge on any atom is 0.472 e. The molecule has 2 aliphatic heterocycles.